The van der Waals surface area contributed by atoms with Gasteiger partial charge in [0, 0.05) is 29.7 Å². The number of para-hydroxylation sites is 1. The van der Waals surface area contributed by atoms with E-state index in [0.29, 0.717) is 0 Å². The molecule has 0 unspecified atom stereocenters. The summed E-state index contributed by atoms with van der Waals surface area (Å²) in [5, 5.41) is 0. The summed E-state index contributed by atoms with van der Waals surface area (Å²) in [6.07, 6.45) is 14.0. The van der Waals surface area contributed by atoms with Crippen molar-refractivity contribution in [2.45, 2.75) is 48.0 Å². The van der Waals surface area contributed by atoms with Crippen molar-refractivity contribution in [2.75, 3.05) is 16.8 Å². The maximum absolute atomic E-state index is 4.21. The molecule has 0 N–H and O–H groups in total. The van der Waals surface area contributed by atoms with Gasteiger partial charge in [0.05, 0.1) is 11.4 Å². The molecule has 2 aromatic carbocycles. The third-order valence-corrected chi connectivity index (χ3v) is 5.44. The first-order valence-electron chi connectivity index (χ1n) is 13.4. The van der Waals surface area contributed by atoms with Gasteiger partial charge in [0.15, 0.2) is 0 Å². The van der Waals surface area contributed by atoms with Crippen LogP contribution in [0.5, 0.6) is 0 Å². The van der Waals surface area contributed by atoms with Crippen molar-refractivity contribution in [3.05, 3.63) is 159 Å². The Morgan fingerprint density at radius 2 is 1.46 bits per heavy atom. The van der Waals surface area contributed by atoms with Gasteiger partial charge >= 0.3 is 0 Å². The average molecular weight is 523 g/mol. The number of hydrogen-bond donors (Lipinski definition) is 0. The van der Waals surface area contributed by atoms with Gasteiger partial charge in [0.1, 0.15) is 0 Å². The monoisotopic (exact) mass is 522 g/mol. The molecule has 0 amide bonds. The summed E-state index contributed by atoms with van der Waals surface area (Å²) in [5.74, 6) is 0. The minimum atomic E-state index is 0.755. The van der Waals surface area contributed by atoms with Crippen LogP contribution in [0, 0.1) is 0 Å². The lowest BCUT2D eigenvalue weighted by Gasteiger charge is -2.30. The van der Waals surface area contributed by atoms with Crippen LogP contribution >= 0.6 is 0 Å². The highest BCUT2D eigenvalue weighted by Gasteiger charge is 2.20. The van der Waals surface area contributed by atoms with Crippen LogP contribution in [0.25, 0.3) is 5.70 Å². The normalized spacial score (nSPS) is 9.56. The average Bonchev–Trinajstić information content (AvgIpc) is 3.01. The topological polar surface area (TPSA) is 6.48 Å². The van der Waals surface area contributed by atoms with Crippen molar-refractivity contribution >= 4 is 17.1 Å². The summed E-state index contributed by atoms with van der Waals surface area (Å²) in [7, 11) is 2.10. The van der Waals surface area contributed by atoms with E-state index in [4.69, 9.17) is 0 Å². The Labute approximate surface area is 240 Å². The van der Waals surface area contributed by atoms with Gasteiger partial charge in [-0.25, -0.2) is 0 Å². The van der Waals surface area contributed by atoms with E-state index in [1.807, 2.05) is 50.8 Å². The quantitative estimate of drug-likeness (QED) is 0.174. The maximum atomic E-state index is 4.21. The highest BCUT2D eigenvalue weighted by molar-refractivity contribution is 5.83. The van der Waals surface area contributed by atoms with E-state index >= 15 is 0 Å². The van der Waals surface area contributed by atoms with Gasteiger partial charge in [-0.2, -0.15) is 0 Å². The molecule has 0 radical (unpaired) electrons. The molecule has 39 heavy (non-hydrogen) atoms. The Kier molecular flexibility index (Phi) is 21.7. The smallest absolute Gasteiger partial charge is 0.0884 e. The van der Waals surface area contributed by atoms with E-state index in [-0.39, 0.29) is 0 Å². The van der Waals surface area contributed by atoms with E-state index in [1.165, 1.54) is 11.1 Å². The molecule has 0 aliphatic heterocycles. The Morgan fingerprint density at radius 3 is 1.90 bits per heavy atom. The highest BCUT2D eigenvalue weighted by atomic mass is 15.2. The molecule has 0 atom stereocenters. The molecule has 0 heterocycles. The van der Waals surface area contributed by atoms with Crippen molar-refractivity contribution in [1.82, 2.24) is 0 Å². The minimum Gasteiger partial charge on any atom is -0.344 e. The van der Waals surface area contributed by atoms with Crippen molar-refractivity contribution in [3.63, 3.8) is 0 Å². The molecular weight excluding hydrogens is 472 g/mol. The van der Waals surface area contributed by atoms with Crippen LogP contribution in [0.2, 0.25) is 0 Å². The molecule has 0 aliphatic rings. The molecule has 2 nitrogen and oxygen atoms in total. The van der Waals surface area contributed by atoms with Crippen LogP contribution in [0.4, 0.5) is 11.4 Å². The lowest BCUT2D eigenvalue weighted by molar-refractivity contribution is 1.06. The van der Waals surface area contributed by atoms with Crippen LogP contribution in [0.15, 0.2) is 148 Å². The van der Waals surface area contributed by atoms with E-state index in [1.54, 1.807) is 24.3 Å². The molecule has 0 saturated heterocycles. The fraction of sp³-hybridized carbons (Fsp3) is 0.216. The molecule has 0 fully saturated rings. The SMILES string of the molecule is C/C=C\C.C=C.C=CC=C=C(C=C)N(C(=C)C=C)c1cccc(/C(=C\C)N(C)c2ccccc2)c1CC.CC. The summed E-state index contributed by atoms with van der Waals surface area (Å²) in [5.41, 5.74) is 10.5. The summed E-state index contributed by atoms with van der Waals surface area (Å²) >= 11 is 0. The second kappa shape index (κ2) is 22.9. The van der Waals surface area contributed by atoms with Crippen LogP contribution in [0.3, 0.4) is 0 Å². The standard InChI is InChI=1S/C29H32N2.C4H8.C2H6.C2H4/c1-8-13-18-24(10-3)31(23(6)9-2)29-22-17-21-27(26(29)11-4)28(12-5)30(7)25-19-15-14-16-20-25;1-3-4-2;2*1-2/h8-10,12-17,19-22H,1-3,6,11H2,4-5,7H3;3-4H,1-2H3;1-2H3;1-2H2/b28-12+;4-3-;;. The van der Waals surface area contributed by atoms with Gasteiger partial charge in [-0.1, -0.05) is 107 Å². The molecule has 0 aliphatic carbocycles. The van der Waals surface area contributed by atoms with Gasteiger partial charge in [-0.3, -0.25) is 0 Å². The molecule has 208 valence electrons. The molecular formula is C37H50N2. The minimum absolute atomic E-state index is 0.755. The van der Waals surface area contributed by atoms with Crippen molar-refractivity contribution in [2.24, 2.45) is 0 Å². The second-order valence-electron chi connectivity index (χ2n) is 7.56. The molecule has 0 saturated carbocycles. The van der Waals surface area contributed by atoms with E-state index in [2.05, 4.69) is 120 Å². The number of hydrogen-bond acceptors (Lipinski definition) is 2. The van der Waals surface area contributed by atoms with Crippen LogP contribution in [-0.2, 0) is 6.42 Å². The Morgan fingerprint density at radius 1 is 0.872 bits per heavy atom. The fourth-order valence-corrected chi connectivity index (χ4v) is 3.61. The molecule has 2 rings (SSSR count). The van der Waals surface area contributed by atoms with Gasteiger partial charge in [-0.05, 0) is 69.2 Å². The zero-order chi connectivity index (χ0) is 30.2. The van der Waals surface area contributed by atoms with Crippen molar-refractivity contribution < 1.29 is 0 Å². The first kappa shape index (κ1) is 36.9. The Hall–Kier alpha value is -4.26. The summed E-state index contributed by atoms with van der Waals surface area (Å²) in [4.78, 5) is 4.25. The zero-order valence-corrected chi connectivity index (χ0v) is 25.5. The summed E-state index contributed by atoms with van der Waals surface area (Å²) in [6, 6.07) is 16.7. The Bertz CT molecular complexity index is 1140. The largest absolute Gasteiger partial charge is 0.344 e. The van der Waals surface area contributed by atoms with Crippen molar-refractivity contribution in [3.8, 4) is 0 Å². The summed E-state index contributed by atoms with van der Waals surface area (Å²) in [6.45, 7) is 34.1. The summed E-state index contributed by atoms with van der Waals surface area (Å²) < 4.78 is 0. The number of benzene rings is 2. The van der Waals surface area contributed by atoms with Crippen molar-refractivity contribution in [1.29, 1.82) is 0 Å². The highest BCUT2D eigenvalue weighted by Crippen LogP contribution is 2.35. The van der Waals surface area contributed by atoms with E-state index in [0.717, 1.165) is 34.9 Å². The molecule has 2 aromatic rings. The lowest BCUT2D eigenvalue weighted by Crippen LogP contribution is -2.22. The fourth-order valence-electron chi connectivity index (χ4n) is 3.61. The molecule has 0 bridgehead atoms. The van der Waals surface area contributed by atoms with Crippen LogP contribution in [-0.4, -0.2) is 7.05 Å². The van der Waals surface area contributed by atoms with Gasteiger partial charge in [-0.15, -0.1) is 13.2 Å². The van der Waals surface area contributed by atoms with Crippen LogP contribution < -0.4 is 9.80 Å². The number of anilines is 2. The van der Waals surface area contributed by atoms with Gasteiger partial charge in [0.25, 0.3) is 0 Å². The van der Waals surface area contributed by atoms with Crippen LogP contribution in [0.1, 0.15) is 52.7 Å². The first-order chi connectivity index (χ1) is 18.9. The maximum Gasteiger partial charge on any atom is 0.0884 e. The molecule has 0 spiro atoms. The first-order valence-corrected chi connectivity index (χ1v) is 13.4. The number of allylic oxidation sites excluding steroid dienone is 6. The molecule has 2 heteroatoms. The number of rotatable bonds is 10. The van der Waals surface area contributed by atoms with Gasteiger partial charge < -0.3 is 9.80 Å². The second-order valence-corrected chi connectivity index (χ2v) is 7.56. The van der Waals surface area contributed by atoms with E-state index in [9.17, 15) is 0 Å². The third-order valence-electron chi connectivity index (χ3n) is 5.44. The van der Waals surface area contributed by atoms with E-state index < -0.39 is 0 Å². The molecule has 0 aromatic heterocycles. The Balaban J connectivity index is 0. The lowest BCUT2D eigenvalue weighted by atomic mass is 9.97. The number of nitrogens with zero attached hydrogens (tertiary/aromatic N) is 2. The predicted molar refractivity (Wildman–Crippen MR) is 181 cm³/mol. The predicted octanol–water partition coefficient (Wildman–Crippen LogP) is 11.1. The zero-order valence-electron chi connectivity index (χ0n) is 25.5. The van der Waals surface area contributed by atoms with Gasteiger partial charge in [0.2, 0.25) is 0 Å². The third kappa shape index (κ3) is 11.3.